The third kappa shape index (κ3) is 6.72. The van der Waals surface area contributed by atoms with Gasteiger partial charge in [0.2, 0.25) is 0 Å². The fraction of sp³-hybridized carbons (Fsp3) is 0.529. The Hall–Kier alpha value is -1.88. The highest BCUT2D eigenvalue weighted by Gasteiger charge is 2.16. The van der Waals surface area contributed by atoms with Crippen LogP contribution in [0.5, 0.6) is 0 Å². The summed E-state index contributed by atoms with van der Waals surface area (Å²) in [5.74, 6) is -0.320. The number of amides is 2. The molecule has 5 heteroatoms. The van der Waals surface area contributed by atoms with Crippen molar-refractivity contribution in [3.05, 3.63) is 35.4 Å². The van der Waals surface area contributed by atoms with E-state index in [0.29, 0.717) is 17.7 Å². The molecule has 122 valence electrons. The predicted octanol–water partition coefficient (Wildman–Crippen LogP) is 1.90. The standard InChI is InChI=1S/C17H27N3O2/c1-17(2,3)19-16(22)14-9-6-8-13(12-14)15(21)18-10-7-11-20(4)5/h6,8-9,12H,7,10-11H2,1-5H3,(H,18,21)(H,19,22). The maximum absolute atomic E-state index is 12.1. The number of hydrogen-bond acceptors (Lipinski definition) is 3. The summed E-state index contributed by atoms with van der Waals surface area (Å²) in [5, 5.41) is 5.76. The molecule has 0 aliphatic heterocycles. The molecule has 0 saturated carbocycles. The van der Waals surface area contributed by atoms with Gasteiger partial charge in [0, 0.05) is 23.2 Å². The van der Waals surface area contributed by atoms with Crippen LogP contribution in [0.2, 0.25) is 0 Å². The third-order valence-electron chi connectivity index (χ3n) is 2.94. The summed E-state index contributed by atoms with van der Waals surface area (Å²) >= 11 is 0. The van der Waals surface area contributed by atoms with Crippen molar-refractivity contribution in [2.45, 2.75) is 32.7 Å². The molecule has 0 aromatic heterocycles. The lowest BCUT2D eigenvalue weighted by Gasteiger charge is -2.20. The Morgan fingerprint density at radius 1 is 1.09 bits per heavy atom. The summed E-state index contributed by atoms with van der Waals surface area (Å²) in [4.78, 5) is 26.3. The molecular formula is C17H27N3O2. The van der Waals surface area contributed by atoms with Crippen LogP contribution in [0.4, 0.5) is 0 Å². The van der Waals surface area contributed by atoms with Crippen LogP contribution >= 0.6 is 0 Å². The van der Waals surface area contributed by atoms with Gasteiger partial charge >= 0.3 is 0 Å². The average Bonchev–Trinajstić information content (AvgIpc) is 2.41. The first-order valence-corrected chi connectivity index (χ1v) is 7.54. The van der Waals surface area contributed by atoms with Gasteiger partial charge in [-0.25, -0.2) is 0 Å². The molecule has 0 aliphatic rings. The molecule has 2 amide bonds. The van der Waals surface area contributed by atoms with E-state index >= 15 is 0 Å². The SMILES string of the molecule is CN(C)CCCNC(=O)c1cccc(C(=O)NC(C)(C)C)c1. The minimum Gasteiger partial charge on any atom is -0.352 e. The van der Waals surface area contributed by atoms with E-state index in [2.05, 4.69) is 15.5 Å². The zero-order chi connectivity index (χ0) is 16.8. The van der Waals surface area contributed by atoms with E-state index in [-0.39, 0.29) is 17.4 Å². The smallest absolute Gasteiger partial charge is 0.251 e. The van der Waals surface area contributed by atoms with E-state index in [4.69, 9.17) is 0 Å². The number of rotatable bonds is 6. The molecule has 0 atom stereocenters. The number of carbonyl (C=O) groups excluding carboxylic acids is 2. The molecule has 0 saturated heterocycles. The highest BCUT2D eigenvalue weighted by molar-refractivity contribution is 5.99. The summed E-state index contributed by atoms with van der Waals surface area (Å²) in [7, 11) is 4.00. The Bertz CT molecular complexity index is 519. The molecule has 0 unspecified atom stereocenters. The van der Waals surface area contributed by atoms with Crippen LogP contribution in [0.15, 0.2) is 24.3 Å². The monoisotopic (exact) mass is 305 g/mol. The Kier molecular flexibility index (Phi) is 6.56. The van der Waals surface area contributed by atoms with Gasteiger partial charge in [-0.1, -0.05) is 6.07 Å². The molecule has 2 N–H and O–H groups in total. The summed E-state index contributed by atoms with van der Waals surface area (Å²) in [5.41, 5.74) is 0.698. The molecule has 22 heavy (non-hydrogen) atoms. The Morgan fingerprint density at radius 3 is 2.23 bits per heavy atom. The molecule has 0 aliphatic carbocycles. The number of benzene rings is 1. The van der Waals surface area contributed by atoms with Crippen molar-refractivity contribution in [1.29, 1.82) is 0 Å². The second-order valence-electron chi connectivity index (χ2n) is 6.70. The van der Waals surface area contributed by atoms with E-state index in [9.17, 15) is 9.59 Å². The van der Waals surface area contributed by atoms with Crippen molar-refractivity contribution in [3.63, 3.8) is 0 Å². The van der Waals surface area contributed by atoms with Crippen molar-refractivity contribution in [2.24, 2.45) is 0 Å². The number of hydrogen-bond donors (Lipinski definition) is 2. The van der Waals surface area contributed by atoms with E-state index in [0.717, 1.165) is 13.0 Å². The first kappa shape index (κ1) is 18.2. The van der Waals surface area contributed by atoms with Crippen molar-refractivity contribution in [3.8, 4) is 0 Å². The predicted molar refractivity (Wildman–Crippen MR) is 89.2 cm³/mol. The molecule has 0 heterocycles. The lowest BCUT2D eigenvalue weighted by atomic mass is 10.1. The van der Waals surface area contributed by atoms with Gasteiger partial charge in [0.25, 0.3) is 11.8 Å². The van der Waals surface area contributed by atoms with Crippen LogP contribution in [0.3, 0.4) is 0 Å². The van der Waals surface area contributed by atoms with Crippen LogP contribution < -0.4 is 10.6 Å². The van der Waals surface area contributed by atoms with Gasteiger partial charge in [0.15, 0.2) is 0 Å². The van der Waals surface area contributed by atoms with Crippen LogP contribution in [-0.2, 0) is 0 Å². The van der Waals surface area contributed by atoms with E-state index in [1.807, 2.05) is 34.9 Å². The third-order valence-corrected chi connectivity index (χ3v) is 2.94. The molecule has 0 radical (unpaired) electrons. The number of nitrogens with zero attached hydrogens (tertiary/aromatic N) is 1. The fourth-order valence-electron chi connectivity index (χ4n) is 1.91. The quantitative estimate of drug-likeness (QED) is 0.789. The largest absolute Gasteiger partial charge is 0.352 e. The van der Waals surface area contributed by atoms with Crippen molar-refractivity contribution >= 4 is 11.8 Å². The van der Waals surface area contributed by atoms with Gasteiger partial charge in [-0.05, 0) is 66.0 Å². The number of carbonyl (C=O) groups is 2. The first-order chi connectivity index (χ1) is 10.2. The summed E-state index contributed by atoms with van der Waals surface area (Å²) in [6, 6.07) is 6.79. The van der Waals surface area contributed by atoms with Crippen molar-refractivity contribution in [1.82, 2.24) is 15.5 Å². The van der Waals surface area contributed by atoms with Gasteiger partial charge < -0.3 is 15.5 Å². The summed E-state index contributed by atoms with van der Waals surface area (Å²) in [6.07, 6.45) is 0.892. The highest BCUT2D eigenvalue weighted by Crippen LogP contribution is 2.08. The Labute approximate surface area is 133 Å². The van der Waals surface area contributed by atoms with Crippen molar-refractivity contribution in [2.75, 3.05) is 27.2 Å². The molecule has 5 nitrogen and oxygen atoms in total. The van der Waals surface area contributed by atoms with Gasteiger partial charge in [-0.2, -0.15) is 0 Å². The highest BCUT2D eigenvalue weighted by atomic mass is 16.2. The Morgan fingerprint density at radius 2 is 1.68 bits per heavy atom. The summed E-state index contributed by atoms with van der Waals surface area (Å²) < 4.78 is 0. The minimum atomic E-state index is -0.304. The molecular weight excluding hydrogens is 278 g/mol. The Balaban J connectivity index is 2.63. The molecule has 0 bridgehead atoms. The maximum atomic E-state index is 12.1. The molecule has 1 aromatic carbocycles. The molecule has 0 fully saturated rings. The van der Waals surface area contributed by atoms with Gasteiger partial charge in [-0.3, -0.25) is 9.59 Å². The van der Waals surface area contributed by atoms with Crippen LogP contribution in [0, 0.1) is 0 Å². The number of nitrogens with one attached hydrogen (secondary N) is 2. The second kappa shape index (κ2) is 7.94. The van der Waals surface area contributed by atoms with E-state index in [1.165, 1.54) is 0 Å². The van der Waals surface area contributed by atoms with Crippen LogP contribution in [-0.4, -0.2) is 49.4 Å². The minimum absolute atomic E-state index is 0.149. The molecule has 0 spiro atoms. The van der Waals surface area contributed by atoms with E-state index in [1.54, 1.807) is 24.3 Å². The molecule has 1 rings (SSSR count). The first-order valence-electron chi connectivity index (χ1n) is 7.54. The topological polar surface area (TPSA) is 61.4 Å². The molecule has 1 aromatic rings. The second-order valence-corrected chi connectivity index (χ2v) is 6.70. The van der Waals surface area contributed by atoms with Gasteiger partial charge in [0.05, 0.1) is 0 Å². The lowest BCUT2D eigenvalue weighted by molar-refractivity contribution is 0.0919. The van der Waals surface area contributed by atoms with Crippen molar-refractivity contribution < 1.29 is 9.59 Å². The normalized spacial score (nSPS) is 11.4. The maximum Gasteiger partial charge on any atom is 0.251 e. The zero-order valence-corrected chi connectivity index (χ0v) is 14.2. The summed E-state index contributed by atoms with van der Waals surface area (Å²) in [6.45, 7) is 7.31. The average molecular weight is 305 g/mol. The van der Waals surface area contributed by atoms with Gasteiger partial charge in [0.1, 0.15) is 0 Å². The lowest BCUT2D eigenvalue weighted by Crippen LogP contribution is -2.40. The fourth-order valence-corrected chi connectivity index (χ4v) is 1.91. The van der Waals surface area contributed by atoms with E-state index < -0.39 is 0 Å². The zero-order valence-electron chi connectivity index (χ0n) is 14.2. The van der Waals surface area contributed by atoms with Crippen LogP contribution in [0.25, 0.3) is 0 Å². The van der Waals surface area contributed by atoms with Crippen LogP contribution in [0.1, 0.15) is 47.9 Å². The van der Waals surface area contributed by atoms with Gasteiger partial charge in [-0.15, -0.1) is 0 Å².